The molecule has 0 fully saturated rings. The highest BCUT2D eigenvalue weighted by molar-refractivity contribution is 5.84. The van der Waals surface area contributed by atoms with Gasteiger partial charge in [-0.25, -0.2) is 0 Å². The molecule has 0 aliphatic rings. The normalized spacial score (nSPS) is 10.6. The molecular weight excluding hydrogens is 298 g/mol. The molecule has 23 heavy (non-hydrogen) atoms. The molecule has 6 heteroatoms. The number of carbonyl (C=O) groups is 1. The van der Waals surface area contributed by atoms with Crippen LogP contribution in [0.2, 0.25) is 0 Å². The highest BCUT2D eigenvalue weighted by Crippen LogP contribution is 2.31. The Morgan fingerprint density at radius 3 is 2.30 bits per heavy atom. The number of hydrogen-bond acceptors (Lipinski definition) is 5. The van der Waals surface area contributed by atoms with E-state index in [2.05, 4.69) is 0 Å². The summed E-state index contributed by atoms with van der Waals surface area (Å²) in [5.74, 6) is 0.710. The van der Waals surface area contributed by atoms with Crippen LogP contribution in [0.3, 0.4) is 0 Å². The van der Waals surface area contributed by atoms with Crippen molar-refractivity contribution in [3.63, 3.8) is 0 Å². The molecule has 1 aromatic heterocycles. The Labute approximate surface area is 134 Å². The predicted molar refractivity (Wildman–Crippen MR) is 87.2 cm³/mol. The SMILES string of the molecule is CCOC(=O)Cn1ccc(=O)c2cc(OCC)c(OCC)cc21. The van der Waals surface area contributed by atoms with Crippen LogP contribution in [-0.4, -0.2) is 30.4 Å². The predicted octanol–water partition coefficient (Wildman–Crippen LogP) is 2.36. The van der Waals surface area contributed by atoms with E-state index in [4.69, 9.17) is 14.2 Å². The number of fused-ring (bicyclic) bond motifs is 1. The lowest BCUT2D eigenvalue weighted by Gasteiger charge is -2.15. The van der Waals surface area contributed by atoms with Crippen LogP contribution >= 0.6 is 0 Å². The fourth-order valence-corrected chi connectivity index (χ4v) is 2.33. The summed E-state index contributed by atoms with van der Waals surface area (Å²) in [6.45, 7) is 6.78. The van der Waals surface area contributed by atoms with Crippen LogP contribution in [0.25, 0.3) is 10.9 Å². The zero-order valence-corrected chi connectivity index (χ0v) is 13.6. The summed E-state index contributed by atoms with van der Waals surface area (Å²) in [5, 5.41) is 0.476. The van der Waals surface area contributed by atoms with Gasteiger partial charge in [-0.05, 0) is 26.8 Å². The minimum absolute atomic E-state index is 0.0319. The molecule has 0 aliphatic carbocycles. The largest absolute Gasteiger partial charge is 0.490 e. The first-order chi connectivity index (χ1) is 11.1. The third kappa shape index (κ3) is 3.83. The van der Waals surface area contributed by atoms with Gasteiger partial charge in [0.15, 0.2) is 16.9 Å². The van der Waals surface area contributed by atoms with E-state index in [1.54, 1.807) is 29.8 Å². The van der Waals surface area contributed by atoms with Gasteiger partial charge in [0.2, 0.25) is 0 Å². The molecule has 1 aromatic carbocycles. The van der Waals surface area contributed by atoms with Gasteiger partial charge in [-0.15, -0.1) is 0 Å². The number of carbonyl (C=O) groups excluding carboxylic acids is 1. The molecule has 0 radical (unpaired) electrons. The Morgan fingerprint density at radius 2 is 1.70 bits per heavy atom. The second kappa shape index (κ2) is 7.67. The third-order valence-corrected chi connectivity index (χ3v) is 3.25. The average molecular weight is 319 g/mol. The fraction of sp³-hybridized carbons (Fsp3) is 0.412. The van der Waals surface area contributed by atoms with Crippen molar-refractivity contribution in [2.75, 3.05) is 19.8 Å². The quantitative estimate of drug-likeness (QED) is 0.733. The lowest BCUT2D eigenvalue weighted by molar-refractivity contribution is -0.143. The average Bonchev–Trinajstić information content (AvgIpc) is 2.52. The Bertz CT molecular complexity index is 750. The molecule has 0 saturated heterocycles. The first kappa shape index (κ1) is 16.9. The topological polar surface area (TPSA) is 66.8 Å². The van der Waals surface area contributed by atoms with E-state index in [1.807, 2.05) is 13.8 Å². The number of hydrogen-bond donors (Lipinski definition) is 0. The van der Waals surface area contributed by atoms with Gasteiger partial charge in [0.1, 0.15) is 6.54 Å². The molecule has 2 aromatic rings. The summed E-state index contributed by atoms with van der Waals surface area (Å²) >= 11 is 0. The van der Waals surface area contributed by atoms with Crippen molar-refractivity contribution >= 4 is 16.9 Å². The Morgan fingerprint density at radius 1 is 1.04 bits per heavy atom. The Kier molecular flexibility index (Phi) is 5.62. The van der Waals surface area contributed by atoms with Gasteiger partial charge in [-0.2, -0.15) is 0 Å². The third-order valence-electron chi connectivity index (χ3n) is 3.25. The molecule has 0 atom stereocenters. The molecule has 0 aliphatic heterocycles. The van der Waals surface area contributed by atoms with E-state index in [9.17, 15) is 9.59 Å². The maximum absolute atomic E-state index is 12.1. The highest BCUT2D eigenvalue weighted by Gasteiger charge is 2.13. The maximum Gasteiger partial charge on any atom is 0.325 e. The summed E-state index contributed by atoms with van der Waals surface area (Å²) in [6.07, 6.45) is 1.58. The molecule has 2 rings (SSSR count). The van der Waals surface area contributed by atoms with Gasteiger partial charge in [-0.3, -0.25) is 9.59 Å². The van der Waals surface area contributed by atoms with Crippen LogP contribution in [0.15, 0.2) is 29.2 Å². The summed E-state index contributed by atoms with van der Waals surface area (Å²) in [4.78, 5) is 23.9. The molecular formula is C17H21NO5. The minimum Gasteiger partial charge on any atom is -0.490 e. The van der Waals surface area contributed by atoms with E-state index in [1.165, 1.54) is 6.07 Å². The number of benzene rings is 1. The molecule has 0 spiro atoms. The molecule has 0 bridgehead atoms. The maximum atomic E-state index is 12.1. The van der Waals surface area contributed by atoms with Crippen LogP contribution in [0.4, 0.5) is 0 Å². The van der Waals surface area contributed by atoms with E-state index < -0.39 is 0 Å². The van der Waals surface area contributed by atoms with Crippen molar-refractivity contribution in [2.45, 2.75) is 27.3 Å². The molecule has 0 saturated carbocycles. The van der Waals surface area contributed by atoms with Crippen LogP contribution in [0.1, 0.15) is 20.8 Å². The molecule has 124 valence electrons. The smallest absolute Gasteiger partial charge is 0.325 e. The van der Waals surface area contributed by atoms with Crippen LogP contribution in [0, 0.1) is 0 Å². The number of esters is 1. The van der Waals surface area contributed by atoms with Gasteiger partial charge in [0, 0.05) is 23.7 Å². The van der Waals surface area contributed by atoms with Crippen molar-refractivity contribution in [1.82, 2.24) is 4.57 Å². The zero-order valence-electron chi connectivity index (χ0n) is 13.6. The van der Waals surface area contributed by atoms with E-state index in [0.29, 0.717) is 42.2 Å². The summed E-state index contributed by atoms with van der Waals surface area (Å²) in [6, 6.07) is 4.82. The van der Waals surface area contributed by atoms with Gasteiger partial charge < -0.3 is 18.8 Å². The van der Waals surface area contributed by atoms with E-state index >= 15 is 0 Å². The molecule has 0 amide bonds. The second-order valence-corrected chi connectivity index (χ2v) is 4.80. The van der Waals surface area contributed by atoms with Crippen molar-refractivity contribution in [1.29, 1.82) is 0 Å². The van der Waals surface area contributed by atoms with Crippen molar-refractivity contribution < 1.29 is 19.0 Å². The molecule has 0 N–H and O–H groups in total. The van der Waals surface area contributed by atoms with Crippen LogP contribution < -0.4 is 14.9 Å². The highest BCUT2D eigenvalue weighted by atomic mass is 16.5. The standard InChI is InChI=1S/C17H21NO5/c1-4-21-15-9-12-13(10-16(15)22-5-2)18(8-7-14(12)19)11-17(20)23-6-3/h7-10H,4-6,11H2,1-3H3. The first-order valence-electron chi connectivity index (χ1n) is 7.69. The van der Waals surface area contributed by atoms with Gasteiger partial charge in [0.05, 0.1) is 25.3 Å². The van der Waals surface area contributed by atoms with Gasteiger partial charge >= 0.3 is 5.97 Å². The lowest BCUT2D eigenvalue weighted by atomic mass is 10.1. The Hall–Kier alpha value is -2.50. The van der Waals surface area contributed by atoms with E-state index in [0.717, 1.165) is 0 Å². The number of nitrogens with zero attached hydrogens (tertiary/aromatic N) is 1. The second-order valence-electron chi connectivity index (χ2n) is 4.80. The fourth-order valence-electron chi connectivity index (χ4n) is 2.33. The first-order valence-corrected chi connectivity index (χ1v) is 7.69. The molecule has 1 heterocycles. The van der Waals surface area contributed by atoms with Crippen LogP contribution in [0.5, 0.6) is 11.5 Å². The van der Waals surface area contributed by atoms with Gasteiger partial charge in [-0.1, -0.05) is 0 Å². The van der Waals surface area contributed by atoms with E-state index in [-0.39, 0.29) is 17.9 Å². The Balaban J connectivity index is 2.57. The molecule has 6 nitrogen and oxygen atoms in total. The number of ether oxygens (including phenoxy) is 3. The number of aromatic nitrogens is 1. The lowest BCUT2D eigenvalue weighted by Crippen LogP contribution is -2.16. The summed E-state index contributed by atoms with van der Waals surface area (Å²) < 4.78 is 17.8. The van der Waals surface area contributed by atoms with Crippen molar-refractivity contribution in [3.05, 3.63) is 34.6 Å². The molecule has 0 unspecified atom stereocenters. The van der Waals surface area contributed by atoms with Crippen molar-refractivity contribution in [3.8, 4) is 11.5 Å². The van der Waals surface area contributed by atoms with Crippen molar-refractivity contribution in [2.24, 2.45) is 0 Å². The number of rotatable bonds is 7. The van der Waals surface area contributed by atoms with Gasteiger partial charge in [0.25, 0.3) is 0 Å². The monoisotopic (exact) mass is 319 g/mol. The van der Waals surface area contributed by atoms with Crippen LogP contribution in [-0.2, 0) is 16.1 Å². The minimum atomic E-state index is -0.357. The zero-order chi connectivity index (χ0) is 16.8. The summed E-state index contributed by atoms with van der Waals surface area (Å²) in [5.41, 5.74) is 0.474. The number of pyridine rings is 1. The summed E-state index contributed by atoms with van der Waals surface area (Å²) in [7, 11) is 0.